The molecule has 0 radical (unpaired) electrons. The number of H-pyrrole nitrogens is 1. The Labute approximate surface area is 110 Å². The first-order chi connectivity index (χ1) is 8.04. The van der Waals surface area contributed by atoms with Crippen LogP contribution in [0.3, 0.4) is 0 Å². The van der Waals surface area contributed by atoms with E-state index in [1.54, 1.807) is 11.3 Å². The summed E-state index contributed by atoms with van der Waals surface area (Å²) >= 11 is 6.96. The van der Waals surface area contributed by atoms with Crippen LogP contribution in [0.1, 0.15) is 37.0 Å². The summed E-state index contributed by atoms with van der Waals surface area (Å²) in [5, 5.41) is 8.28. The molecule has 0 aromatic carbocycles. The normalized spacial score (nSPS) is 12.9. The zero-order valence-corrected chi connectivity index (χ0v) is 12.1. The van der Waals surface area contributed by atoms with Gasteiger partial charge >= 0.3 is 0 Å². The molecule has 2 aromatic rings. The van der Waals surface area contributed by atoms with Crippen molar-refractivity contribution < 1.29 is 0 Å². The van der Waals surface area contributed by atoms with E-state index in [1.807, 2.05) is 13.8 Å². The molecule has 4 nitrogen and oxygen atoms in total. The molecule has 0 fully saturated rings. The molecule has 0 aliphatic rings. The van der Waals surface area contributed by atoms with E-state index in [9.17, 15) is 0 Å². The van der Waals surface area contributed by atoms with Gasteiger partial charge in [-0.25, -0.2) is 4.98 Å². The van der Waals surface area contributed by atoms with E-state index >= 15 is 0 Å². The van der Waals surface area contributed by atoms with Crippen molar-refractivity contribution in [2.45, 2.75) is 40.2 Å². The number of hydrogen-bond donors (Lipinski definition) is 1. The molecule has 6 heteroatoms. The molecule has 2 rings (SSSR count). The first kappa shape index (κ1) is 12.4. The highest BCUT2D eigenvalue weighted by molar-refractivity contribution is 7.71. The number of rotatable bonds is 3. The summed E-state index contributed by atoms with van der Waals surface area (Å²) in [6.45, 7) is 8.32. The van der Waals surface area contributed by atoms with Crippen molar-refractivity contribution in [1.29, 1.82) is 0 Å². The van der Waals surface area contributed by atoms with Crippen molar-refractivity contribution in [2.75, 3.05) is 0 Å². The Hall–Kier alpha value is -1.01. The molecule has 17 heavy (non-hydrogen) atoms. The molecule has 0 spiro atoms. The van der Waals surface area contributed by atoms with E-state index in [-0.39, 0.29) is 0 Å². The van der Waals surface area contributed by atoms with E-state index in [0.29, 0.717) is 10.8 Å². The van der Waals surface area contributed by atoms with Crippen LogP contribution < -0.4 is 0 Å². The molecule has 0 aliphatic carbocycles. The van der Waals surface area contributed by atoms with E-state index < -0.39 is 0 Å². The summed E-state index contributed by atoms with van der Waals surface area (Å²) in [5.41, 5.74) is 1.02. The Kier molecular flexibility index (Phi) is 3.44. The molecule has 1 unspecified atom stereocenters. The summed E-state index contributed by atoms with van der Waals surface area (Å²) in [6, 6.07) is 0.345. The third-order valence-electron chi connectivity index (χ3n) is 2.84. The molecule has 0 saturated carbocycles. The lowest BCUT2D eigenvalue weighted by Crippen LogP contribution is -2.06. The summed E-state index contributed by atoms with van der Waals surface area (Å²) in [5.74, 6) is 0.910. The van der Waals surface area contributed by atoms with E-state index in [4.69, 9.17) is 12.2 Å². The number of hydrogen-bond acceptors (Lipinski definition) is 4. The number of nitrogens with zero attached hydrogens (tertiary/aromatic N) is 3. The van der Waals surface area contributed by atoms with Gasteiger partial charge in [0.25, 0.3) is 0 Å². The largest absolute Gasteiger partial charge is 0.297 e. The number of aryl methyl sites for hydroxylation is 2. The molecule has 1 N–H and O–H groups in total. The molecule has 0 aliphatic heterocycles. The molecule has 0 amide bonds. The minimum atomic E-state index is 0.345. The van der Waals surface area contributed by atoms with Crippen LogP contribution in [0.5, 0.6) is 0 Å². The maximum absolute atomic E-state index is 5.29. The van der Waals surface area contributed by atoms with Gasteiger partial charge in [-0.15, -0.1) is 11.3 Å². The SMILES string of the molecule is CCC(C)n1c(-c2sc(C)nc2C)n[nH]c1=S. The molecule has 92 valence electrons. The Balaban J connectivity index is 2.60. The Bertz CT molecular complexity index is 579. The average molecular weight is 268 g/mol. The first-order valence-electron chi connectivity index (χ1n) is 5.65. The van der Waals surface area contributed by atoms with Crippen LogP contribution in [-0.4, -0.2) is 19.7 Å². The van der Waals surface area contributed by atoms with Gasteiger partial charge in [-0.2, -0.15) is 5.10 Å². The fourth-order valence-corrected chi connectivity index (χ4v) is 3.01. The summed E-state index contributed by atoms with van der Waals surface area (Å²) in [6.07, 6.45) is 1.03. The number of aromatic nitrogens is 4. The van der Waals surface area contributed by atoms with Gasteiger partial charge in [0.15, 0.2) is 10.6 Å². The van der Waals surface area contributed by atoms with Gasteiger partial charge in [-0.3, -0.25) is 9.67 Å². The van der Waals surface area contributed by atoms with Crippen molar-refractivity contribution in [3.63, 3.8) is 0 Å². The zero-order chi connectivity index (χ0) is 12.6. The average Bonchev–Trinajstić information content (AvgIpc) is 2.80. The lowest BCUT2D eigenvalue weighted by molar-refractivity contribution is 0.529. The maximum atomic E-state index is 5.29. The maximum Gasteiger partial charge on any atom is 0.195 e. The molecule has 2 heterocycles. The Morgan fingerprint density at radius 1 is 1.47 bits per heavy atom. The Morgan fingerprint density at radius 3 is 2.71 bits per heavy atom. The topological polar surface area (TPSA) is 46.5 Å². The molecule has 1 atom stereocenters. The monoisotopic (exact) mass is 268 g/mol. The van der Waals surface area contributed by atoms with Gasteiger partial charge in [0.2, 0.25) is 0 Å². The number of thiazole rings is 1. The predicted octanol–water partition coefficient (Wildman–Crippen LogP) is 3.65. The number of nitrogens with one attached hydrogen (secondary N) is 1. The Morgan fingerprint density at radius 2 is 2.18 bits per heavy atom. The van der Waals surface area contributed by atoms with Crippen LogP contribution in [0.2, 0.25) is 0 Å². The zero-order valence-electron chi connectivity index (χ0n) is 10.4. The first-order valence-corrected chi connectivity index (χ1v) is 6.88. The fraction of sp³-hybridized carbons (Fsp3) is 0.545. The second kappa shape index (κ2) is 4.70. The number of aromatic amines is 1. The van der Waals surface area contributed by atoms with E-state index in [1.165, 1.54) is 0 Å². The van der Waals surface area contributed by atoms with Gasteiger partial charge < -0.3 is 0 Å². The minimum Gasteiger partial charge on any atom is -0.297 e. The highest BCUT2D eigenvalue weighted by Crippen LogP contribution is 2.30. The van der Waals surface area contributed by atoms with Crippen molar-refractivity contribution in [1.82, 2.24) is 19.7 Å². The summed E-state index contributed by atoms with van der Waals surface area (Å²) < 4.78 is 2.76. The van der Waals surface area contributed by atoms with E-state index in [0.717, 1.165) is 27.8 Å². The van der Waals surface area contributed by atoms with Gasteiger partial charge in [0.1, 0.15) is 0 Å². The van der Waals surface area contributed by atoms with Gasteiger partial charge in [0.05, 0.1) is 15.6 Å². The highest BCUT2D eigenvalue weighted by Gasteiger charge is 2.17. The summed E-state index contributed by atoms with van der Waals surface area (Å²) in [7, 11) is 0. The molecule has 0 saturated heterocycles. The summed E-state index contributed by atoms with van der Waals surface area (Å²) in [4.78, 5) is 5.55. The van der Waals surface area contributed by atoms with Gasteiger partial charge in [-0.1, -0.05) is 6.92 Å². The quantitative estimate of drug-likeness (QED) is 0.864. The minimum absolute atomic E-state index is 0.345. The molecule has 0 bridgehead atoms. The van der Waals surface area contributed by atoms with Crippen LogP contribution in [0, 0.1) is 18.6 Å². The van der Waals surface area contributed by atoms with Crippen molar-refractivity contribution in [2.24, 2.45) is 0 Å². The standard InChI is InChI=1S/C11H16N4S2/c1-5-6(2)15-10(13-14-11(15)16)9-7(3)12-8(4)17-9/h6H,5H2,1-4H3,(H,14,16). The molecular weight excluding hydrogens is 252 g/mol. The molecule has 2 aromatic heterocycles. The van der Waals surface area contributed by atoms with Crippen molar-refractivity contribution >= 4 is 23.6 Å². The third kappa shape index (κ3) is 2.19. The van der Waals surface area contributed by atoms with Crippen LogP contribution in [0.4, 0.5) is 0 Å². The fourth-order valence-electron chi connectivity index (χ4n) is 1.80. The van der Waals surface area contributed by atoms with Crippen molar-refractivity contribution in [3.8, 4) is 10.7 Å². The van der Waals surface area contributed by atoms with Crippen LogP contribution in [-0.2, 0) is 0 Å². The predicted molar refractivity (Wildman–Crippen MR) is 73.0 cm³/mol. The highest BCUT2D eigenvalue weighted by atomic mass is 32.1. The lowest BCUT2D eigenvalue weighted by atomic mass is 10.2. The van der Waals surface area contributed by atoms with E-state index in [2.05, 4.69) is 33.6 Å². The molecular formula is C11H16N4S2. The smallest absolute Gasteiger partial charge is 0.195 e. The van der Waals surface area contributed by atoms with Crippen molar-refractivity contribution in [3.05, 3.63) is 15.5 Å². The van der Waals surface area contributed by atoms with Crippen LogP contribution in [0.25, 0.3) is 10.7 Å². The van der Waals surface area contributed by atoms with Crippen LogP contribution >= 0.6 is 23.6 Å². The second-order valence-electron chi connectivity index (χ2n) is 4.13. The third-order valence-corrected chi connectivity index (χ3v) is 4.20. The lowest BCUT2D eigenvalue weighted by Gasteiger charge is -2.12. The second-order valence-corrected chi connectivity index (χ2v) is 5.72. The van der Waals surface area contributed by atoms with Gasteiger partial charge in [-0.05, 0) is 39.4 Å². The van der Waals surface area contributed by atoms with Gasteiger partial charge in [0, 0.05) is 6.04 Å². The van der Waals surface area contributed by atoms with Crippen LogP contribution in [0.15, 0.2) is 0 Å².